The van der Waals surface area contributed by atoms with E-state index in [0.717, 1.165) is 5.69 Å². The van der Waals surface area contributed by atoms with Crippen LogP contribution in [0.15, 0.2) is 18.2 Å². The van der Waals surface area contributed by atoms with Crippen LogP contribution >= 0.6 is 0 Å². The minimum atomic E-state index is -0.569. The van der Waals surface area contributed by atoms with Crippen molar-refractivity contribution in [3.63, 3.8) is 0 Å². The molecule has 1 N–H and O–H groups in total. The van der Waals surface area contributed by atoms with Crippen molar-refractivity contribution < 1.29 is 14.5 Å². The molecule has 6 nitrogen and oxygen atoms in total. The molecule has 0 radical (unpaired) electrons. The number of nitrogens with zero attached hydrogens (tertiary/aromatic N) is 1. The Hall–Kier alpha value is -2.11. The third-order valence-electron chi connectivity index (χ3n) is 2.81. The Morgan fingerprint density at radius 2 is 2.16 bits per heavy atom. The summed E-state index contributed by atoms with van der Waals surface area (Å²) < 4.78 is 5.33. The number of non-ortho nitro benzene ring substituents is 1. The SMILES string of the molecule is CC(C)(C)OC(=O)C1CNc2ccc([N+](=O)[O-])cc21. The van der Waals surface area contributed by atoms with E-state index in [9.17, 15) is 14.9 Å². The number of nitro benzene ring substituents is 1. The second-order valence-electron chi connectivity index (χ2n) is 5.50. The zero-order valence-corrected chi connectivity index (χ0v) is 11.1. The smallest absolute Gasteiger partial charge is 0.315 e. The molecule has 2 rings (SSSR count). The van der Waals surface area contributed by atoms with Crippen molar-refractivity contribution in [2.75, 3.05) is 11.9 Å². The first-order chi connectivity index (χ1) is 8.78. The van der Waals surface area contributed by atoms with E-state index in [1.165, 1.54) is 12.1 Å². The number of carbonyl (C=O) groups excluding carboxylic acids is 1. The fourth-order valence-corrected chi connectivity index (χ4v) is 2.02. The highest BCUT2D eigenvalue weighted by Crippen LogP contribution is 2.35. The van der Waals surface area contributed by atoms with Crippen molar-refractivity contribution >= 4 is 17.3 Å². The summed E-state index contributed by atoms with van der Waals surface area (Å²) in [5, 5.41) is 13.8. The van der Waals surface area contributed by atoms with E-state index in [0.29, 0.717) is 12.1 Å². The monoisotopic (exact) mass is 264 g/mol. The quantitative estimate of drug-likeness (QED) is 0.504. The minimum Gasteiger partial charge on any atom is -0.459 e. The van der Waals surface area contributed by atoms with Crippen LogP contribution in [0.25, 0.3) is 0 Å². The molecule has 1 unspecified atom stereocenters. The molecule has 1 aliphatic heterocycles. The lowest BCUT2D eigenvalue weighted by Crippen LogP contribution is -2.28. The van der Waals surface area contributed by atoms with Gasteiger partial charge in [-0.05, 0) is 32.4 Å². The van der Waals surface area contributed by atoms with Gasteiger partial charge in [0.25, 0.3) is 5.69 Å². The molecule has 1 aromatic rings. The largest absolute Gasteiger partial charge is 0.459 e. The number of anilines is 1. The van der Waals surface area contributed by atoms with Crippen LogP contribution in [0.3, 0.4) is 0 Å². The Labute approximate surface area is 110 Å². The average Bonchev–Trinajstić information content (AvgIpc) is 2.68. The zero-order chi connectivity index (χ0) is 14.2. The number of carbonyl (C=O) groups is 1. The first kappa shape index (κ1) is 13.3. The van der Waals surface area contributed by atoms with Gasteiger partial charge in [-0.15, -0.1) is 0 Å². The Kier molecular flexibility index (Phi) is 3.18. The number of hydrogen-bond acceptors (Lipinski definition) is 5. The van der Waals surface area contributed by atoms with Crippen molar-refractivity contribution in [3.05, 3.63) is 33.9 Å². The highest BCUT2D eigenvalue weighted by molar-refractivity contribution is 5.84. The highest BCUT2D eigenvalue weighted by atomic mass is 16.6. The van der Waals surface area contributed by atoms with Gasteiger partial charge < -0.3 is 10.1 Å². The van der Waals surface area contributed by atoms with Gasteiger partial charge in [0.15, 0.2) is 0 Å². The van der Waals surface area contributed by atoms with Crippen molar-refractivity contribution in [2.45, 2.75) is 32.3 Å². The maximum Gasteiger partial charge on any atom is 0.315 e. The molecule has 1 heterocycles. The topological polar surface area (TPSA) is 81.5 Å². The lowest BCUT2D eigenvalue weighted by molar-refractivity contribution is -0.384. The van der Waals surface area contributed by atoms with Crippen LogP contribution in [0.4, 0.5) is 11.4 Å². The summed E-state index contributed by atoms with van der Waals surface area (Å²) in [4.78, 5) is 22.4. The van der Waals surface area contributed by atoms with E-state index < -0.39 is 16.4 Å². The molecule has 19 heavy (non-hydrogen) atoms. The van der Waals surface area contributed by atoms with E-state index in [1.54, 1.807) is 26.8 Å². The first-order valence-electron chi connectivity index (χ1n) is 6.03. The van der Waals surface area contributed by atoms with Gasteiger partial charge in [-0.3, -0.25) is 14.9 Å². The van der Waals surface area contributed by atoms with Gasteiger partial charge in [-0.2, -0.15) is 0 Å². The Balaban J connectivity index is 2.28. The molecular formula is C13H16N2O4. The molecule has 0 aliphatic carbocycles. The van der Waals surface area contributed by atoms with Crippen LogP contribution in [-0.2, 0) is 9.53 Å². The molecular weight excluding hydrogens is 248 g/mol. The lowest BCUT2D eigenvalue weighted by Gasteiger charge is -2.21. The van der Waals surface area contributed by atoms with Gasteiger partial charge >= 0.3 is 5.97 Å². The van der Waals surface area contributed by atoms with Gasteiger partial charge in [-0.1, -0.05) is 0 Å². The van der Waals surface area contributed by atoms with Gasteiger partial charge in [0.05, 0.1) is 4.92 Å². The van der Waals surface area contributed by atoms with Crippen molar-refractivity contribution in [1.29, 1.82) is 0 Å². The molecule has 0 aromatic heterocycles. The number of ether oxygens (including phenoxy) is 1. The molecule has 0 fully saturated rings. The van der Waals surface area contributed by atoms with E-state index in [2.05, 4.69) is 5.32 Å². The molecule has 102 valence electrons. The molecule has 0 bridgehead atoms. The molecule has 1 aliphatic rings. The van der Waals surface area contributed by atoms with E-state index in [4.69, 9.17) is 4.74 Å². The third-order valence-corrected chi connectivity index (χ3v) is 2.81. The summed E-state index contributed by atoms with van der Waals surface area (Å²) in [6.07, 6.45) is 0. The standard InChI is InChI=1S/C13H16N2O4/c1-13(2,3)19-12(16)10-7-14-11-5-4-8(15(17)18)6-9(10)11/h4-6,10,14H,7H2,1-3H3. The molecule has 0 saturated carbocycles. The normalized spacial score (nSPS) is 17.5. The highest BCUT2D eigenvalue weighted by Gasteiger charge is 2.33. The van der Waals surface area contributed by atoms with Crippen LogP contribution in [0, 0.1) is 10.1 Å². The Morgan fingerprint density at radius 3 is 2.74 bits per heavy atom. The second kappa shape index (κ2) is 4.53. The number of fused-ring (bicyclic) bond motifs is 1. The van der Waals surface area contributed by atoms with Crippen LogP contribution in [0.5, 0.6) is 0 Å². The lowest BCUT2D eigenvalue weighted by atomic mass is 10.0. The first-order valence-corrected chi connectivity index (χ1v) is 6.03. The summed E-state index contributed by atoms with van der Waals surface area (Å²) >= 11 is 0. The molecule has 1 atom stereocenters. The van der Waals surface area contributed by atoms with Gasteiger partial charge in [0.1, 0.15) is 11.5 Å². The van der Waals surface area contributed by atoms with Gasteiger partial charge in [-0.25, -0.2) is 0 Å². The van der Waals surface area contributed by atoms with E-state index in [1.807, 2.05) is 0 Å². The summed E-state index contributed by atoms with van der Waals surface area (Å²) in [7, 11) is 0. The molecule has 0 amide bonds. The number of hydrogen-bond donors (Lipinski definition) is 1. The number of nitrogens with one attached hydrogen (secondary N) is 1. The van der Waals surface area contributed by atoms with Crippen molar-refractivity contribution in [1.82, 2.24) is 0 Å². The fourth-order valence-electron chi connectivity index (χ4n) is 2.02. The Morgan fingerprint density at radius 1 is 1.47 bits per heavy atom. The summed E-state index contributed by atoms with van der Waals surface area (Å²) in [5.41, 5.74) is 0.793. The number of esters is 1. The van der Waals surface area contributed by atoms with Crippen LogP contribution in [0.2, 0.25) is 0 Å². The maximum absolute atomic E-state index is 12.1. The summed E-state index contributed by atoms with van der Waals surface area (Å²) in [5.74, 6) is -0.853. The third kappa shape index (κ3) is 2.83. The van der Waals surface area contributed by atoms with E-state index >= 15 is 0 Å². The van der Waals surface area contributed by atoms with Gasteiger partial charge in [0.2, 0.25) is 0 Å². The zero-order valence-electron chi connectivity index (χ0n) is 11.1. The summed E-state index contributed by atoms with van der Waals surface area (Å²) in [6.45, 7) is 5.79. The number of rotatable bonds is 2. The summed E-state index contributed by atoms with van der Waals surface area (Å²) in [6, 6.07) is 4.48. The average molecular weight is 264 g/mol. The minimum absolute atomic E-state index is 0.0176. The molecule has 6 heteroatoms. The van der Waals surface area contributed by atoms with Gasteiger partial charge in [0, 0.05) is 24.4 Å². The van der Waals surface area contributed by atoms with Crippen LogP contribution < -0.4 is 5.32 Å². The number of nitro groups is 1. The maximum atomic E-state index is 12.1. The van der Waals surface area contributed by atoms with E-state index in [-0.39, 0.29) is 11.7 Å². The Bertz CT molecular complexity index is 534. The fraction of sp³-hybridized carbons (Fsp3) is 0.462. The van der Waals surface area contributed by atoms with Crippen LogP contribution in [0.1, 0.15) is 32.3 Å². The number of benzene rings is 1. The van der Waals surface area contributed by atoms with Crippen LogP contribution in [-0.4, -0.2) is 23.0 Å². The molecule has 0 saturated heterocycles. The second-order valence-corrected chi connectivity index (χ2v) is 5.50. The van der Waals surface area contributed by atoms with Crippen molar-refractivity contribution in [2.24, 2.45) is 0 Å². The molecule has 0 spiro atoms. The predicted octanol–water partition coefficient (Wildman–Crippen LogP) is 2.45. The van der Waals surface area contributed by atoms with Crippen molar-refractivity contribution in [3.8, 4) is 0 Å². The predicted molar refractivity (Wildman–Crippen MR) is 70.2 cm³/mol. The molecule has 1 aromatic carbocycles.